The van der Waals surface area contributed by atoms with E-state index in [0.29, 0.717) is 5.02 Å². The summed E-state index contributed by atoms with van der Waals surface area (Å²) in [5, 5.41) is 4.08. The van der Waals surface area contributed by atoms with Crippen molar-refractivity contribution in [2.24, 2.45) is 0 Å². The number of benzene rings is 1. The van der Waals surface area contributed by atoms with Crippen LogP contribution in [0, 0.1) is 0 Å². The number of hydrogen-bond donors (Lipinski definition) is 1. The van der Waals surface area contributed by atoms with E-state index in [4.69, 9.17) is 16.3 Å². The molecular weight excluding hydrogens is 248 g/mol. The molecule has 3 nitrogen and oxygen atoms in total. The average molecular weight is 269 g/mol. The molecule has 1 aromatic rings. The first-order valence-electron chi connectivity index (χ1n) is 6.53. The number of halogens is 1. The second-order valence-electron chi connectivity index (χ2n) is 4.64. The van der Waals surface area contributed by atoms with E-state index in [2.05, 4.69) is 29.3 Å². The third kappa shape index (κ3) is 3.16. The number of nitrogens with zero attached hydrogens (tertiary/aromatic N) is 1. The van der Waals surface area contributed by atoms with E-state index in [1.54, 1.807) is 7.11 Å². The summed E-state index contributed by atoms with van der Waals surface area (Å²) >= 11 is 6.22. The first kappa shape index (κ1) is 13.7. The van der Waals surface area contributed by atoms with E-state index in [1.807, 2.05) is 0 Å². The summed E-state index contributed by atoms with van der Waals surface area (Å²) in [6.07, 6.45) is 1.01. The standard InChI is InChI=1S/C14H21ClN2O/c1-3-11-9-14(18-2)13(15)8-12(11)10-17-6-4-16-5-7-17/h8-9,16H,3-7,10H2,1-2H3. The first-order chi connectivity index (χ1) is 8.74. The minimum atomic E-state index is 0.708. The van der Waals surface area contributed by atoms with Crippen molar-refractivity contribution in [2.45, 2.75) is 19.9 Å². The molecule has 1 heterocycles. The largest absolute Gasteiger partial charge is 0.495 e. The van der Waals surface area contributed by atoms with Crippen LogP contribution in [0.15, 0.2) is 12.1 Å². The lowest BCUT2D eigenvalue weighted by Gasteiger charge is -2.28. The van der Waals surface area contributed by atoms with Crippen molar-refractivity contribution >= 4 is 11.6 Å². The van der Waals surface area contributed by atoms with Crippen LogP contribution in [0.3, 0.4) is 0 Å². The Morgan fingerprint density at radius 1 is 1.28 bits per heavy atom. The van der Waals surface area contributed by atoms with Gasteiger partial charge in [-0.1, -0.05) is 18.5 Å². The average Bonchev–Trinajstić information content (AvgIpc) is 2.40. The monoisotopic (exact) mass is 268 g/mol. The van der Waals surface area contributed by atoms with Crippen molar-refractivity contribution in [2.75, 3.05) is 33.3 Å². The molecule has 1 fully saturated rings. The Morgan fingerprint density at radius 3 is 2.61 bits per heavy atom. The quantitative estimate of drug-likeness (QED) is 0.907. The van der Waals surface area contributed by atoms with E-state index in [-0.39, 0.29) is 0 Å². The van der Waals surface area contributed by atoms with Gasteiger partial charge in [0.05, 0.1) is 12.1 Å². The van der Waals surface area contributed by atoms with E-state index >= 15 is 0 Å². The van der Waals surface area contributed by atoms with Crippen molar-refractivity contribution in [3.63, 3.8) is 0 Å². The van der Waals surface area contributed by atoms with Gasteiger partial charge in [0.1, 0.15) is 5.75 Å². The van der Waals surface area contributed by atoms with E-state index < -0.39 is 0 Å². The third-order valence-electron chi connectivity index (χ3n) is 3.46. The Kier molecular flexibility index (Phi) is 4.87. The van der Waals surface area contributed by atoms with Crippen molar-refractivity contribution in [3.05, 3.63) is 28.3 Å². The van der Waals surface area contributed by atoms with Crippen LogP contribution in [0.1, 0.15) is 18.1 Å². The number of nitrogens with one attached hydrogen (secondary N) is 1. The summed E-state index contributed by atoms with van der Waals surface area (Å²) in [5.74, 6) is 0.776. The fourth-order valence-electron chi connectivity index (χ4n) is 2.38. The molecule has 0 radical (unpaired) electrons. The van der Waals surface area contributed by atoms with Crippen LogP contribution in [-0.4, -0.2) is 38.2 Å². The second-order valence-corrected chi connectivity index (χ2v) is 5.04. The number of aryl methyl sites for hydroxylation is 1. The van der Waals surface area contributed by atoms with Gasteiger partial charge in [0, 0.05) is 32.7 Å². The van der Waals surface area contributed by atoms with Gasteiger partial charge < -0.3 is 10.1 Å². The highest BCUT2D eigenvalue weighted by atomic mass is 35.5. The molecule has 0 saturated carbocycles. The van der Waals surface area contributed by atoms with Gasteiger partial charge >= 0.3 is 0 Å². The maximum atomic E-state index is 6.22. The van der Waals surface area contributed by atoms with Gasteiger partial charge in [0.15, 0.2) is 0 Å². The molecule has 0 aromatic heterocycles. The topological polar surface area (TPSA) is 24.5 Å². The Morgan fingerprint density at radius 2 is 2.00 bits per heavy atom. The van der Waals surface area contributed by atoms with Gasteiger partial charge in [0.25, 0.3) is 0 Å². The molecule has 0 unspecified atom stereocenters. The number of ether oxygens (including phenoxy) is 1. The normalized spacial score (nSPS) is 16.8. The number of methoxy groups -OCH3 is 1. The highest BCUT2D eigenvalue weighted by molar-refractivity contribution is 6.32. The van der Waals surface area contributed by atoms with Gasteiger partial charge in [-0.25, -0.2) is 0 Å². The highest BCUT2D eigenvalue weighted by Gasteiger charge is 2.14. The Hall–Kier alpha value is -0.770. The van der Waals surface area contributed by atoms with E-state index in [0.717, 1.165) is 44.9 Å². The molecule has 1 saturated heterocycles. The number of rotatable bonds is 4. The van der Waals surface area contributed by atoms with Gasteiger partial charge in [-0.15, -0.1) is 0 Å². The summed E-state index contributed by atoms with van der Waals surface area (Å²) < 4.78 is 5.28. The highest BCUT2D eigenvalue weighted by Crippen LogP contribution is 2.29. The van der Waals surface area contributed by atoms with Crippen LogP contribution in [0.4, 0.5) is 0 Å². The predicted molar refractivity (Wildman–Crippen MR) is 75.5 cm³/mol. The van der Waals surface area contributed by atoms with Crippen molar-refractivity contribution < 1.29 is 4.74 Å². The minimum absolute atomic E-state index is 0.708. The zero-order chi connectivity index (χ0) is 13.0. The molecule has 1 aromatic carbocycles. The van der Waals surface area contributed by atoms with Crippen LogP contribution in [0.2, 0.25) is 5.02 Å². The smallest absolute Gasteiger partial charge is 0.137 e. The van der Waals surface area contributed by atoms with Crippen LogP contribution in [0.5, 0.6) is 5.75 Å². The SMILES string of the molecule is CCc1cc(OC)c(Cl)cc1CN1CCNCC1. The minimum Gasteiger partial charge on any atom is -0.495 e. The van der Waals surface area contributed by atoms with Crippen LogP contribution in [-0.2, 0) is 13.0 Å². The van der Waals surface area contributed by atoms with Crippen molar-refractivity contribution in [1.82, 2.24) is 10.2 Å². The zero-order valence-corrected chi connectivity index (χ0v) is 11.9. The molecule has 1 N–H and O–H groups in total. The third-order valence-corrected chi connectivity index (χ3v) is 3.75. The van der Waals surface area contributed by atoms with Gasteiger partial charge in [0.2, 0.25) is 0 Å². The second kappa shape index (κ2) is 6.41. The number of piperazine rings is 1. The molecule has 18 heavy (non-hydrogen) atoms. The summed E-state index contributed by atoms with van der Waals surface area (Å²) in [4.78, 5) is 2.47. The zero-order valence-electron chi connectivity index (χ0n) is 11.1. The molecular formula is C14H21ClN2O. The van der Waals surface area contributed by atoms with Gasteiger partial charge in [-0.3, -0.25) is 4.90 Å². The molecule has 0 aliphatic carbocycles. The lowest BCUT2D eigenvalue weighted by Crippen LogP contribution is -2.43. The molecule has 1 aliphatic heterocycles. The van der Waals surface area contributed by atoms with Crippen LogP contribution < -0.4 is 10.1 Å². The van der Waals surface area contributed by atoms with Gasteiger partial charge in [-0.05, 0) is 29.7 Å². The maximum absolute atomic E-state index is 6.22. The fraction of sp³-hybridized carbons (Fsp3) is 0.571. The molecule has 0 atom stereocenters. The predicted octanol–water partition coefficient (Wildman–Crippen LogP) is 2.32. The summed E-state index contributed by atoms with van der Waals surface area (Å²) in [7, 11) is 1.66. The molecule has 1 aliphatic rings. The summed E-state index contributed by atoms with van der Waals surface area (Å²) in [6.45, 7) is 7.51. The summed E-state index contributed by atoms with van der Waals surface area (Å²) in [6, 6.07) is 4.13. The lowest BCUT2D eigenvalue weighted by atomic mass is 10.0. The van der Waals surface area contributed by atoms with E-state index in [1.165, 1.54) is 11.1 Å². The van der Waals surface area contributed by atoms with Crippen molar-refractivity contribution in [3.8, 4) is 5.75 Å². The Labute approximate surface area is 114 Å². The number of hydrogen-bond acceptors (Lipinski definition) is 3. The lowest BCUT2D eigenvalue weighted by molar-refractivity contribution is 0.232. The Balaban J connectivity index is 2.17. The maximum Gasteiger partial charge on any atom is 0.137 e. The van der Waals surface area contributed by atoms with Crippen LogP contribution >= 0.6 is 11.6 Å². The molecule has 0 spiro atoms. The van der Waals surface area contributed by atoms with Crippen molar-refractivity contribution in [1.29, 1.82) is 0 Å². The molecule has 100 valence electrons. The summed E-state index contributed by atoms with van der Waals surface area (Å²) in [5.41, 5.74) is 2.65. The Bertz CT molecular complexity index is 403. The molecule has 2 rings (SSSR count). The first-order valence-corrected chi connectivity index (χ1v) is 6.90. The molecule has 0 amide bonds. The molecule has 0 bridgehead atoms. The van der Waals surface area contributed by atoms with Crippen LogP contribution in [0.25, 0.3) is 0 Å². The van der Waals surface area contributed by atoms with Gasteiger partial charge in [-0.2, -0.15) is 0 Å². The fourth-order valence-corrected chi connectivity index (χ4v) is 2.64. The van der Waals surface area contributed by atoms with E-state index in [9.17, 15) is 0 Å². The molecule has 4 heteroatoms.